The van der Waals surface area contributed by atoms with Crippen LogP contribution in [0.2, 0.25) is 0 Å². The average Bonchev–Trinajstić information content (AvgIpc) is 2.94. The van der Waals surface area contributed by atoms with Crippen molar-refractivity contribution in [2.24, 2.45) is 5.92 Å². The van der Waals surface area contributed by atoms with Crippen LogP contribution in [0.3, 0.4) is 0 Å². The van der Waals surface area contributed by atoms with E-state index in [-0.39, 0.29) is 18.0 Å². The van der Waals surface area contributed by atoms with Gasteiger partial charge < -0.3 is 20.9 Å². The Morgan fingerprint density at radius 2 is 1.55 bits per heavy atom. The quantitative estimate of drug-likeness (QED) is 0.259. The van der Waals surface area contributed by atoms with Gasteiger partial charge in [-0.15, -0.1) is 0 Å². The second-order valence-electron chi connectivity index (χ2n) is 10.1. The summed E-state index contributed by atoms with van der Waals surface area (Å²) in [6.07, 6.45) is 2.18. The van der Waals surface area contributed by atoms with Crippen LogP contribution >= 0.6 is 0 Å². The van der Waals surface area contributed by atoms with E-state index in [1.54, 1.807) is 6.07 Å². The number of rotatable bonds is 6. The molecule has 38 heavy (non-hydrogen) atoms. The number of anilines is 3. The number of piperidine rings is 1. The minimum absolute atomic E-state index is 0.149. The molecule has 194 valence electrons. The van der Waals surface area contributed by atoms with E-state index >= 15 is 0 Å². The minimum atomic E-state index is -0.357. The van der Waals surface area contributed by atoms with Gasteiger partial charge in [-0.3, -0.25) is 4.79 Å². The fourth-order valence-electron chi connectivity index (χ4n) is 5.04. The normalized spacial score (nSPS) is 14.6. The molecule has 1 saturated heterocycles. The second kappa shape index (κ2) is 11.4. The third-order valence-corrected chi connectivity index (χ3v) is 7.31. The predicted molar refractivity (Wildman–Crippen MR) is 156 cm³/mol. The molecular formula is C32H34N4O2. The van der Waals surface area contributed by atoms with Crippen molar-refractivity contribution in [1.82, 2.24) is 5.32 Å². The molecule has 6 heteroatoms. The van der Waals surface area contributed by atoms with Crippen LogP contribution in [0.4, 0.5) is 21.9 Å². The van der Waals surface area contributed by atoms with Gasteiger partial charge in [-0.1, -0.05) is 73.7 Å². The Kier molecular flexibility index (Phi) is 7.59. The Balaban J connectivity index is 1.38. The third-order valence-electron chi connectivity index (χ3n) is 7.31. The summed E-state index contributed by atoms with van der Waals surface area (Å²) in [4.78, 5) is 28.8. The number of urea groups is 1. The predicted octanol–water partition coefficient (Wildman–Crippen LogP) is 7.21. The van der Waals surface area contributed by atoms with E-state index in [2.05, 4.69) is 27.8 Å². The van der Waals surface area contributed by atoms with Crippen LogP contribution in [-0.2, 0) is 0 Å². The van der Waals surface area contributed by atoms with Crippen LogP contribution in [0.5, 0.6) is 0 Å². The number of fused-ring (bicyclic) bond motifs is 1. The number of amides is 3. The van der Waals surface area contributed by atoms with Gasteiger partial charge in [0.15, 0.2) is 0 Å². The Morgan fingerprint density at radius 1 is 0.842 bits per heavy atom. The van der Waals surface area contributed by atoms with Gasteiger partial charge in [-0.2, -0.15) is 0 Å². The van der Waals surface area contributed by atoms with Gasteiger partial charge >= 0.3 is 6.03 Å². The number of benzene rings is 4. The fourth-order valence-corrected chi connectivity index (χ4v) is 5.04. The Bertz CT molecular complexity index is 1420. The molecule has 3 N–H and O–H groups in total. The summed E-state index contributed by atoms with van der Waals surface area (Å²) in [6, 6.07) is 28.7. The minimum Gasteiger partial charge on any atom is -0.371 e. The van der Waals surface area contributed by atoms with Crippen molar-refractivity contribution >= 4 is 39.8 Å². The molecule has 1 unspecified atom stereocenters. The van der Waals surface area contributed by atoms with Crippen molar-refractivity contribution < 1.29 is 9.59 Å². The second-order valence-corrected chi connectivity index (χ2v) is 10.1. The first-order valence-electron chi connectivity index (χ1n) is 13.3. The molecule has 1 heterocycles. The average molecular weight is 507 g/mol. The summed E-state index contributed by atoms with van der Waals surface area (Å²) in [6.45, 7) is 6.07. The lowest BCUT2D eigenvalue weighted by Crippen LogP contribution is -2.35. The highest BCUT2D eigenvalue weighted by molar-refractivity contribution is 6.07. The number of carbonyl (C=O) groups is 2. The summed E-state index contributed by atoms with van der Waals surface area (Å²) in [7, 11) is 0. The highest BCUT2D eigenvalue weighted by Gasteiger charge is 2.23. The smallest absolute Gasteiger partial charge is 0.323 e. The van der Waals surface area contributed by atoms with Crippen molar-refractivity contribution in [3.8, 4) is 0 Å². The van der Waals surface area contributed by atoms with E-state index in [0.29, 0.717) is 17.2 Å². The molecule has 4 aromatic carbocycles. The van der Waals surface area contributed by atoms with Crippen molar-refractivity contribution in [1.29, 1.82) is 0 Å². The Hall–Kier alpha value is -4.32. The first-order chi connectivity index (χ1) is 18.5. The molecule has 0 aliphatic carbocycles. The van der Waals surface area contributed by atoms with Crippen molar-refractivity contribution in [3.63, 3.8) is 0 Å². The van der Waals surface area contributed by atoms with Gasteiger partial charge in [-0.25, -0.2) is 4.79 Å². The Morgan fingerprint density at radius 3 is 2.34 bits per heavy atom. The molecular weight excluding hydrogens is 472 g/mol. The molecule has 1 aliphatic rings. The van der Waals surface area contributed by atoms with Gasteiger partial charge in [-0.05, 0) is 60.9 Å². The van der Waals surface area contributed by atoms with E-state index < -0.39 is 0 Å². The zero-order valence-corrected chi connectivity index (χ0v) is 21.9. The van der Waals surface area contributed by atoms with E-state index in [1.165, 1.54) is 0 Å². The first-order valence-corrected chi connectivity index (χ1v) is 13.3. The molecule has 5 rings (SSSR count). The summed E-state index contributed by atoms with van der Waals surface area (Å²) < 4.78 is 0. The molecule has 6 nitrogen and oxygen atoms in total. The molecule has 0 saturated carbocycles. The molecule has 3 amide bonds. The standard InChI is InChI=1S/C32H34N4O2/c1-22-17-19-36(20-18-22)30-16-15-26(21-28(30)31(37)33-23(2)24-9-4-3-5-10-24)34-32(38)35-29-14-8-12-25-11-6-7-13-27(25)29/h3-16,21-23H,17-20H2,1-2H3,(H,33,37)(H2,34,35,38). The monoisotopic (exact) mass is 506 g/mol. The molecule has 0 spiro atoms. The van der Waals surface area contributed by atoms with Gasteiger partial charge in [0.05, 0.1) is 17.3 Å². The van der Waals surface area contributed by atoms with E-state index in [0.717, 1.165) is 53.6 Å². The van der Waals surface area contributed by atoms with Crippen LogP contribution in [0.25, 0.3) is 10.8 Å². The largest absolute Gasteiger partial charge is 0.371 e. The third kappa shape index (κ3) is 5.80. The number of carbonyl (C=O) groups excluding carboxylic acids is 2. The highest BCUT2D eigenvalue weighted by atomic mass is 16.2. The van der Waals surface area contributed by atoms with Gasteiger partial charge in [0, 0.05) is 29.9 Å². The highest BCUT2D eigenvalue weighted by Crippen LogP contribution is 2.30. The number of hydrogen-bond donors (Lipinski definition) is 3. The van der Waals surface area contributed by atoms with Crippen LogP contribution in [-0.4, -0.2) is 25.0 Å². The van der Waals surface area contributed by atoms with Crippen molar-refractivity contribution in [2.75, 3.05) is 28.6 Å². The maximum atomic E-state index is 13.6. The summed E-state index contributed by atoms with van der Waals surface area (Å²) >= 11 is 0. The topological polar surface area (TPSA) is 73.5 Å². The molecule has 0 bridgehead atoms. The molecule has 4 aromatic rings. The molecule has 0 radical (unpaired) electrons. The maximum Gasteiger partial charge on any atom is 0.323 e. The lowest BCUT2D eigenvalue weighted by Gasteiger charge is -2.33. The fraction of sp³-hybridized carbons (Fsp3) is 0.250. The van der Waals surface area contributed by atoms with Crippen molar-refractivity contribution in [2.45, 2.75) is 32.7 Å². The number of hydrogen-bond acceptors (Lipinski definition) is 3. The molecule has 1 atom stereocenters. The van der Waals surface area contributed by atoms with E-state index in [9.17, 15) is 9.59 Å². The van der Waals surface area contributed by atoms with Crippen LogP contribution in [0.1, 0.15) is 48.7 Å². The van der Waals surface area contributed by atoms with Crippen LogP contribution in [0.15, 0.2) is 91.0 Å². The van der Waals surface area contributed by atoms with Crippen molar-refractivity contribution in [3.05, 3.63) is 102 Å². The van der Waals surface area contributed by atoms with E-state index in [1.807, 2.05) is 91.9 Å². The zero-order valence-electron chi connectivity index (χ0n) is 21.9. The Labute approximate surface area is 224 Å². The summed E-state index contributed by atoms with van der Waals surface area (Å²) in [5.74, 6) is 0.522. The van der Waals surface area contributed by atoms with E-state index in [4.69, 9.17) is 0 Å². The van der Waals surface area contributed by atoms with Gasteiger partial charge in [0.25, 0.3) is 5.91 Å². The SMILES string of the molecule is CC1CCN(c2ccc(NC(=O)Nc3cccc4ccccc34)cc2C(=O)NC(C)c2ccccc2)CC1. The lowest BCUT2D eigenvalue weighted by molar-refractivity contribution is 0.0940. The number of nitrogens with one attached hydrogen (secondary N) is 3. The maximum absolute atomic E-state index is 13.6. The van der Waals surface area contributed by atoms with Gasteiger partial charge in [0.2, 0.25) is 0 Å². The van der Waals surface area contributed by atoms with Crippen LogP contribution in [0, 0.1) is 5.92 Å². The zero-order chi connectivity index (χ0) is 26.5. The summed E-state index contributed by atoms with van der Waals surface area (Å²) in [5.41, 5.74) is 3.79. The lowest BCUT2D eigenvalue weighted by atomic mass is 9.97. The van der Waals surface area contributed by atoms with Gasteiger partial charge in [0.1, 0.15) is 0 Å². The number of nitrogens with zero attached hydrogens (tertiary/aromatic N) is 1. The molecule has 1 aliphatic heterocycles. The molecule has 1 fully saturated rings. The first kappa shape index (κ1) is 25.3. The molecule has 0 aromatic heterocycles. The van der Waals surface area contributed by atoms with Crippen LogP contribution < -0.4 is 20.9 Å². The summed E-state index contributed by atoms with van der Waals surface area (Å²) in [5, 5.41) is 11.0.